The van der Waals surface area contributed by atoms with Crippen molar-refractivity contribution in [1.29, 1.82) is 0 Å². The highest BCUT2D eigenvalue weighted by Gasteiger charge is 2.14. The predicted octanol–water partition coefficient (Wildman–Crippen LogP) is 2.29. The van der Waals surface area contributed by atoms with Crippen LogP contribution in [0.15, 0.2) is 16.7 Å². The Kier molecular flexibility index (Phi) is 3.62. The number of hydrogen-bond acceptors (Lipinski definition) is 3. The van der Waals surface area contributed by atoms with Crippen molar-refractivity contribution >= 4 is 44.2 Å². The number of hydrogen-bond donors (Lipinski definition) is 0. The molecule has 1 saturated heterocycles. The topological polar surface area (TPSA) is 25.4 Å². The Morgan fingerprint density at radius 2 is 2.14 bits per heavy atom. The molecule has 14 heavy (non-hydrogen) atoms. The van der Waals surface area contributed by atoms with Crippen LogP contribution in [0.1, 0.15) is 0 Å². The second-order valence-corrected chi connectivity index (χ2v) is 5.00. The van der Waals surface area contributed by atoms with Crippen LogP contribution >= 0.6 is 38.5 Å². The molecule has 76 valence electrons. The molecule has 2 rings (SSSR count). The van der Waals surface area contributed by atoms with Crippen LogP contribution in [0.25, 0.3) is 0 Å². The summed E-state index contributed by atoms with van der Waals surface area (Å²) in [4.78, 5) is 6.62. The summed E-state index contributed by atoms with van der Waals surface area (Å²) in [6.07, 6.45) is 1.83. The molecule has 0 spiro atoms. The summed E-state index contributed by atoms with van der Waals surface area (Å²) in [6, 6.07) is 2.11. The van der Waals surface area contributed by atoms with Gasteiger partial charge in [-0.25, -0.2) is 4.98 Å². The number of morpholine rings is 1. The van der Waals surface area contributed by atoms with Gasteiger partial charge in [0.25, 0.3) is 0 Å². The molecule has 5 heteroatoms. The van der Waals surface area contributed by atoms with Crippen LogP contribution in [0.3, 0.4) is 0 Å². The summed E-state index contributed by atoms with van der Waals surface area (Å²) < 4.78 is 7.39. The van der Waals surface area contributed by atoms with E-state index in [1.165, 1.54) is 5.69 Å². The van der Waals surface area contributed by atoms with E-state index in [1.807, 2.05) is 6.20 Å². The molecule has 0 aliphatic carbocycles. The molecule has 0 saturated carbocycles. The second-order valence-electron chi connectivity index (χ2n) is 3.06. The third kappa shape index (κ3) is 2.38. The van der Waals surface area contributed by atoms with E-state index in [9.17, 15) is 0 Å². The molecule has 1 aromatic heterocycles. The molecular formula is C9H10BrIN2O. The molecule has 0 bridgehead atoms. The molecular weight excluding hydrogens is 359 g/mol. The van der Waals surface area contributed by atoms with Crippen LogP contribution in [0.2, 0.25) is 0 Å². The van der Waals surface area contributed by atoms with E-state index in [2.05, 4.69) is 54.5 Å². The van der Waals surface area contributed by atoms with Crippen molar-refractivity contribution in [1.82, 2.24) is 4.98 Å². The van der Waals surface area contributed by atoms with Gasteiger partial charge in [-0.1, -0.05) is 0 Å². The molecule has 1 aromatic rings. The molecule has 3 nitrogen and oxygen atoms in total. The number of rotatable bonds is 1. The van der Waals surface area contributed by atoms with E-state index in [4.69, 9.17) is 4.74 Å². The van der Waals surface area contributed by atoms with E-state index in [-0.39, 0.29) is 0 Å². The lowest BCUT2D eigenvalue weighted by Gasteiger charge is -2.29. The monoisotopic (exact) mass is 368 g/mol. The fourth-order valence-electron chi connectivity index (χ4n) is 1.44. The molecule has 2 heterocycles. The van der Waals surface area contributed by atoms with Crippen LogP contribution in [-0.2, 0) is 4.74 Å². The van der Waals surface area contributed by atoms with Crippen molar-refractivity contribution in [2.45, 2.75) is 0 Å². The Morgan fingerprint density at radius 1 is 1.43 bits per heavy atom. The first-order chi connectivity index (χ1) is 6.77. The summed E-state index contributed by atoms with van der Waals surface area (Å²) in [5, 5.41) is 0. The molecule has 1 aliphatic rings. The first-order valence-electron chi connectivity index (χ1n) is 4.41. The second kappa shape index (κ2) is 4.76. The Balaban J connectivity index is 2.24. The number of anilines is 1. The molecule has 1 fully saturated rings. The SMILES string of the molecule is Brc1cnc(I)c(N2CCOCC2)c1. The minimum absolute atomic E-state index is 0.808. The summed E-state index contributed by atoms with van der Waals surface area (Å²) >= 11 is 5.70. The van der Waals surface area contributed by atoms with Gasteiger partial charge in [-0.3, -0.25) is 0 Å². The zero-order valence-corrected chi connectivity index (χ0v) is 11.3. The Labute approximate surface area is 105 Å². The minimum Gasteiger partial charge on any atom is -0.378 e. The van der Waals surface area contributed by atoms with E-state index < -0.39 is 0 Å². The average Bonchev–Trinajstić information content (AvgIpc) is 2.23. The fraction of sp³-hybridized carbons (Fsp3) is 0.444. The van der Waals surface area contributed by atoms with Gasteiger partial charge in [0.2, 0.25) is 0 Å². The van der Waals surface area contributed by atoms with E-state index in [0.717, 1.165) is 34.5 Å². The van der Waals surface area contributed by atoms with Gasteiger partial charge in [0.15, 0.2) is 0 Å². The minimum atomic E-state index is 0.808. The maximum absolute atomic E-state index is 5.32. The van der Waals surface area contributed by atoms with E-state index >= 15 is 0 Å². The first kappa shape index (κ1) is 10.6. The number of ether oxygens (including phenoxy) is 1. The largest absolute Gasteiger partial charge is 0.378 e. The Bertz CT molecular complexity index is 329. The van der Waals surface area contributed by atoms with Crippen molar-refractivity contribution < 1.29 is 4.74 Å². The summed E-state index contributed by atoms with van der Waals surface area (Å²) in [6.45, 7) is 3.52. The van der Waals surface area contributed by atoms with E-state index in [1.54, 1.807) is 0 Å². The van der Waals surface area contributed by atoms with Crippen molar-refractivity contribution in [3.63, 3.8) is 0 Å². The highest BCUT2D eigenvalue weighted by atomic mass is 127. The van der Waals surface area contributed by atoms with Gasteiger partial charge in [-0.15, -0.1) is 0 Å². The molecule has 0 amide bonds. The van der Waals surface area contributed by atoms with Crippen molar-refractivity contribution in [3.05, 3.63) is 20.4 Å². The van der Waals surface area contributed by atoms with Gasteiger partial charge in [-0.2, -0.15) is 0 Å². The quantitative estimate of drug-likeness (QED) is 0.561. The normalized spacial score (nSPS) is 17.1. The number of nitrogens with zero attached hydrogens (tertiary/aromatic N) is 2. The molecule has 0 radical (unpaired) electrons. The maximum Gasteiger partial charge on any atom is 0.124 e. The predicted molar refractivity (Wildman–Crippen MR) is 67.7 cm³/mol. The molecule has 0 aromatic carbocycles. The van der Waals surface area contributed by atoms with Gasteiger partial charge in [0.05, 0.1) is 18.9 Å². The summed E-state index contributed by atoms with van der Waals surface area (Å²) in [7, 11) is 0. The molecule has 0 N–H and O–H groups in total. The van der Waals surface area contributed by atoms with Crippen LogP contribution in [0, 0.1) is 3.70 Å². The number of aromatic nitrogens is 1. The van der Waals surface area contributed by atoms with Gasteiger partial charge in [-0.05, 0) is 44.6 Å². The molecule has 0 unspecified atom stereocenters. The first-order valence-corrected chi connectivity index (χ1v) is 6.28. The summed E-state index contributed by atoms with van der Waals surface area (Å²) in [5.74, 6) is 0. The summed E-state index contributed by atoms with van der Waals surface area (Å²) in [5.41, 5.74) is 1.20. The van der Waals surface area contributed by atoms with Crippen LogP contribution in [-0.4, -0.2) is 31.3 Å². The van der Waals surface area contributed by atoms with Gasteiger partial charge in [0, 0.05) is 23.8 Å². The Morgan fingerprint density at radius 3 is 2.86 bits per heavy atom. The lowest BCUT2D eigenvalue weighted by atomic mass is 10.3. The smallest absolute Gasteiger partial charge is 0.124 e. The highest BCUT2D eigenvalue weighted by Crippen LogP contribution is 2.24. The van der Waals surface area contributed by atoms with Crippen LogP contribution in [0.5, 0.6) is 0 Å². The standard InChI is InChI=1S/C9H10BrIN2O/c10-7-5-8(9(11)12-6-7)13-1-3-14-4-2-13/h5-6H,1-4H2. The average molecular weight is 369 g/mol. The van der Waals surface area contributed by atoms with Gasteiger partial charge in [0.1, 0.15) is 3.70 Å². The lowest BCUT2D eigenvalue weighted by molar-refractivity contribution is 0.122. The number of halogens is 2. The van der Waals surface area contributed by atoms with Crippen LogP contribution < -0.4 is 4.90 Å². The van der Waals surface area contributed by atoms with Crippen molar-refractivity contribution in [2.75, 3.05) is 31.2 Å². The fourth-order valence-corrected chi connectivity index (χ4v) is 2.39. The zero-order chi connectivity index (χ0) is 9.97. The van der Waals surface area contributed by atoms with Crippen molar-refractivity contribution in [2.24, 2.45) is 0 Å². The van der Waals surface area contributed by atoms with Gasteiger partial charge >= 0.3 is 0 Å². The van der Waals surface area contributed by atoms with E-state index in [0.29, 0.717) is 0 Å². The third-order valence-electron chi connectivity index (χ3n) is 2.14. The maximum atomic E-state index is 5.32. The van der Waals surface area contributed by atoms with Crippen molar-refractivity contribution in [3.8, 4) is 0 Å². The highest BCUT2D eigenvalue weighted by molar-refractivity contribution is 14.1. The molecule has 1 aliphatic heterocycles. The number of pyridine rings is 1. The third-order valence-corrected chi connectivity index (χ3v) is 3.40. The molecule has 0 atom stereocenters. The Hall–Kier alpha value is 0.120. The van der Waals surface area contributed by atoms with Gasteiger partial charge < -0.3 is 9.64 Å². The van der Waals surface area contributed by atoms with Crippen LogP contribution in [0.4, 0.5) is 5.69 Å². The zero-order valence-electron chi connectivity index (χ0n) is 7.54. The lowest BCUT2D eigenvalue weighted by Crippen LogP contribution is -2.36.